The highest BCUT2D eigenvalue weighted by atomic mass is 16.5. The third-order valence-electron chi connectivity index (χ3n) is 6.92. The molecule has 0 radical (unpaired) electrons. The first-order valence-corrected chi connectivity index (χ1v) is 9.95. The lowest BCUT2D eigenvalue weighted by atomic mass is 9.46. The number of ether oxygens (including phenoxy) is 1. The maximum absolute atomic E-state index is 12.2. The predicted octanol–water partition coefficient (Wildman–Crippen LogP) is 1.32. The molecule has 2 aliphatic carbocycles. The van der Waals surface area contributed by atoms with Crippen LogP contribution in [0.1, 0.15) is 39.5 Å². The molecule has 0 aromatic heterocycles. The Labute approximate surface area is 151 Å². The number of carbonyl (C=O) groups excluding carboxylic acids is 1. The fourth-order valence-corrected chi connectivity index (χ4v) is 5.40. The molecule has 25 heavy (non-hydrogen) atoms. The molecule has 140 valence electrons. The van der Waals surface area contributed by atoms with Crippen molar-refractivity contribution in [3.05, 3.63) is 0 Å². The van der Waals surface area contributed by atoms with Gasteiger partial charge < -0.3 is 19.9 Å². The van der Waals surface area contributed by atoms with Gasteiger partial charge in [0.15, 0.2) is 5.96 Å². The van der Waals surface area contributed by atoms with Gasteiger partial charge in [-0.25, -0.2) is 0 Å². The highest BCUT2D eigenvalue weighted by molar-refractivity contribution is 5.82. The van der Waals surface area contributed by atoms with E-state index in [1.54, 1.807) is 0 Å². The standard InChI is InChI=1S/C19H32N4O2/c1-13(2)17(24)22-8-10-23(11-9-22)18(20-3)21-15-14-5-12-25-16(14)19(15)6-4-7-19/h13-16H,4-12H2,1-3H3,(H,20,21). The van der Waals surface area contributed by atoms with Crippen LogP contribution >= 0.6 is 0 Å². The number of guanidine groups is 1. The molecule has 1 spiro atoms. The zero-order chi connectivity index (χ0) is 17.6. The van der Waals surface area contributed by atoms with E-state index < -0.39 is 0 Å². The van der Waals surface area contributed by atoms with Gasteiger partial charge in [0, 0.05) is 63.1 Å². The van der Waals surface area contributed by atoms with Crippen molar-refractivity contribution in [2.75, 3.05) is 39.8 Å². The Kier molecular flexibility index (Phi) is 4.42. The van der Waals surface area contributed by atoms with Crippen molar-refractivity contribution in [1.82, 2.24) is 15.1 Å². The Morgan fingerprint density at radius 2 is 1.88 bits per heavy atom. The minimum Gasteiger partial charge on any atom is -0.377 e. The van der Waals surface area contributed by atoms with E-state index in [1.807, 2.05) is 25.8 Å². The number of nitrogens with one attached hydrogen (secondary N) is 1. The number of nitrogens with zero attached hydrogens (tertiary/aromatic N) is 3. The summed E-state index contributed by atoms with van der Waals surface area (Å²) in [5, 5.41) is 3.80. The van der Waals surface area contributed by atoms with Crippen LogP contribution < -0.4 is 5.32 Å². The Hall–Kier alpha value is -1.30. The van der Waals surface area contributed by atoms with Crippen LogP contribution in [-0.2, 0) is 9.53 Å². The van der Waals surface area contributed by atoms with Crippen molar-refractivity contribution >= 4 is 11.9 Å². The van der Waals surface area contributed by atoms with Crippen molar-refractivity contribution < 1.29 is 9.53 Å². The van der Waals surface area contributed by atoms with E-state index >= 15 is 0 Å². The Morgan fingerprint density at radius 1 is 1.20 bits per heavy atom. The van der Waals surface area contributed by atoms with Crippen molar-refractivity contribution in [3.8, 4) is 0 Å². The van der Waals surface area contributed by atoms with Gasteiger partial charge in [-0.3, -0.25) is 9.79 Å². The third-order valence-corrected chi connectivity index (χ3v) is 6.92. The summed E-state index contributed by atoms with van der Waals surface area (Å²) in [5.41, 5.74) is 0.368. The minimum atomic E-state index is 0.0803. The molecule has 3 unspecified atom stereocenters. The molecule has 6 nitrogen and oxygen atoms in total. The van der Waals surface area contributed by atoms with Gasteiger partial charge in [0.05, 0.1) is 6.10 Å². The minimum absolute atomic E-state index is 0.0803. The lowest BCUT2D eigenvalue weighted by molar-refractivity contribution is -0.171. The van der Waals surface area contributed by atoms with Crippen LogP contribution in [-0.4, -0.2) is 73.6 Å². The van der Waals surface area contributed by atoms with Crippen LogP contribution in [0.3, 0.4) is 0 Å². The Balaban J connectivity index is 1.37. The number of piperazine rings is 1. The molecule has 2 saturated carbocycles. The van der Waals surface area contributed by atoms with Crippen LogP contribution in [0, 0.1) is 17.3 Å². The molecule has 2 heterocycles. The second-order valence-corrected chi connectivity index (χ2v) is 8.47. The number of amides is 1. The summed E-state index contributed by atoms with van der Waals surface area (Å²) in [7, 11) is 1.88. The Bertz CT molecular complexity index is 550. The molecule has 4 aliphatic rings. The average molecular weight is 348 g/mol. The number of rotatable bonds is 2. The molecule has 4 rings (SSSR count). The molecule has 0 aromatic rings. The monoisotopic (exact) mass is 348 g/mol. The van der Waals surface area contributed by atoms with Gasteiger partial charge in [0.2, 0.25) is 5.91 Å². The van der Waals surface area contributed by atoms with Crippen molar-refractivity contribution in [1.29, 1.82) is 0 Å². The maximum Gasteiger partial charge on any atom is 0.225 e. The van der Waals surface area contributed by atoms with Crippen LogP contribution in [0.2, 0.25) is 0 Å². The topological polar surface area (TPSA) is 57.2 Å². The molecule has 2 saturated heterocycles. The molecule has 2 aliphatic heterocycles. The largest absolute Gasteiger partial charge is 0.377 e. The van der Waals surface area contributed by atoms with Gasteiger partial charge >= 0.3 is 0 Å². The number of aliphatic imine (C=N–C) groups is 1. The first-order chi connectivity index (χ1) is 12.1. The van der Waals surface area contributed by atoms with Crippen LogP contribution in [0.25, 0.3) is 0 Å². The fraction of sp³-hybridized carbons (Fsp3) is 0.895. The van der Waals surface area contributed by atoms with Crippen molar-refractivity contribution in [3.63, 3.8) is 0 Å². The molecule has 1 amide bonds. The lowest BCUT2D eigenvalue weighted by Gasteiger charge is -2.63. The summed E-state index contributed by atoms with van der Waals surface area (Å²) in [6.07, 6.45) is 5.58. The average Bonchev–Trinajstić information content (AvgIpc) is 2.99. The number of fused-ring (bicyclic) bond motifs is 2. The number of hydrogen-bond acceptors (Lipinski definition) is 3. The molecule has 6 heteroatoms. The van der Waals surface area contributed by atoms with Crippen LogP contribution in [0.4, 0.5) is 0 Å². The number of hydrogen-bond donors (Lipinski definition) is 1. The normalized spacial score (nSPS) is 33.9. The van der Waals surface area contributed by atoms with E-state index in [0.29, 0.717) is 23.5 Å². The number of carbonyl (C=O) groups is 1. The molecule has 4 fully saturated rings. The van der Waals surface area contributed by atoms with Crippen LogP contribution in [0.15, 0.2) is 4.99 Å². The van der Waals surface area contributed by atoms with Gasteiger partial charge in [-0.15, -0.1) is 0 Å². The Morgan fingerprint density at radius 3 is 2.44 bits per heavy atom. The molecule has 0 aromatic carbocycles. The lowest BCUT2D eigenvalue weighted by Crippen LogP contribution is -2.73. The highest BCUT2D eigenvalue weighted by Crippen LogP contribution is 2.62. The molecular weight excluding hydrogens is 316 g/mol. The zero-order valence-corrected chi connectivity index (χ0v) is 15.8. The van der Waals surface area contributed by atoms with E-state index in [9.17, 15) is 4.79 Å². The van der Waals surface area contributed by atoms with Crippen LogP contribution in [0.5, 0.6) is 0 Å². The smallest absolute Gasteiger partial charge is 0.225 e. The summed E-state index contributed by atoms with van der Waals surface area (Å²) >= 11 is 0. The van der Waals surface area contributed by atoms with Gasteiger partial charge in [-0.1, -0.05) is 20.3 Å². The van der Waals surface area contributed by atoms with E-state index in [2.05, 4.69) is 15.2 Å². The van der Waals surface area contributed by atoms with E-state index in [-0.39, 0.29) is 11.8 Å². The first-order valence-electron chi connectivity index (χ1n) is 9.95. The van der Waals surface area contributed by atoms with Crippen molar-refractivity contribution in [2.24, 2.45) is 22.2 Å². The second kappa shape index (κ2) is 6.45. The van der Waals surface area contributed by atoms with Crippen molar-refractivity contribution in [2.45, 2.75) is 51.7 Å². The van der Waals surface area contributed by atoms with E-state index in [1.165, 1.54) is 25.7 Å². The predicted molar refractivity (Wildman–Crippen MR) is 97.4 cm³/mol. The van der Waals surface area contributed by atoms with Gasteiger partial charge in [0.1, 0.15) is 0 Å². The quantitative estimate of drug-likeness (QED) is 0.604. The summed E-state index contributed by atoms with van der Waals surface area (Å²) < 4.78 is 6.03. The van der Waals surface area contributed by atoms with Gasteiger partial charge in [-0.05, 0) is 19.3 Å². The maximum atomic E-state index is 12.2. The second-order valence-electron chi connectivity index (χ2n) is 8.47. The molecule has 1 N–H and O–H groups in total. The molecular formula is C19H32N4O2. The first kappa shape index (κ1) is 17.1. The highest BCUT2D eigenvalue weighted by Gasteiger charge is 2.66. The summed E-state index contributed by atoms with van der Waals surface area (Å²) in [6, 6.07) is 0.516. The summed E-state index contributed by atoms with van der Waals surface area (Å²) in [4.78, 5) is 21.1. The fourth-order valence-electron chi connectivity index (χ4n) is 5.40. The summed E-state index contributed by atoms with van der Waals surface area (Å²) in [5.74, 6) is 2.01. The van der Waals surface area contributed by atoms with Gasteiger partial charge in [0.25, 0.3) is 0 Å². The van der Waals surface area contributed by atoms with E-state index in [0.717, 1.165) is 38.7 Å². The zero-order valence-electron chi connectivity index (χ0n) is 15.8. The third kappa shape index (κ3) is 2.64. The summed E-state index contributed by atoms with van der Waals surface area (Å²) in [6.45, 7) is 8.19. The van der Waals surface area contributed by atoms with Gasteiger partial charge in [-0.2, -0.15) is 0 Å². The SMILES string of the molecule is CN=C(NC1C2CCOC2C12CCC2)N1CCN(C(=O)C(C)C)CC1. The molecule has 0 bridgehead atoms. The molecule has 3 atom stereocenters. The van der Waals surface area contributed by atoms with E-state index in [4.69, 9.17) is 4.74 Å².